The van der Waals surface area contributed by atoms with Gasteiger partial charge in [-0.15, -0.1) is 12.3 Å². The summed E-state index contributed by atoms with van der Waals surface area (Å²) in [5, 5.41) is 0. The molecule has 0 aromatic heterocycles. The molecule has 4 unspecified atom stereocenters. The number of nitrogens with zero attached hydrogens (tertiary/aromatic N) is 1. The largest absolute Gasteiger partial charge is 0.462 e. The van der Waals surface area contributed by atoms with E-state index in [0.29, 0.717) is 36.6 Å². The molecule has 3 saturated carbocycles. The quantitative estimate of drug-likeness (QED) is 0.548. The highest BCUT2D eigenvalue weighted by Gasteiger charge is 2.61. The molecule has 0 saturated heterocycles. The van der Waals surface area contributed by atoms with Crippen LogP contribution in [0.1, 0.15) is 65.2 Å². The molecule has 4 nitrogen and oxygen atoms in total. The predicted octanol–water partition coefficient (Wildman–Crippen LogP) is 3.95. The summed E-state index contributed by atoms with van der Waals surface area (Å²) in [5.74, 6) is 4.39. The van der Waals surface area contributed by atoms with E-state index in [0.717, 1.165) is 32.1 Å². The SMILES string of the molecule is C#CCCC(=O)O[C@H]1CCC2C3CCC4N(C)C(=O)C=C[C@]4(C)C3CC[C@@]21C. The molecular formula is C24H33NO3. The first-order valence-electron chi connectivity index (χ1n) is 10.9. The van der Waals surface area contributed by atoms with Crippen LogP contribution in [0.5, 0.6) is 0 Å². The van der Waals surface area contributed by atoms with Gasteiger partial charge in [-0.05, 0) is 62.4 Å². The normalized spacial score (nSPS) is 44.3. The highest BCUT2D eigenvalue weighted by atomic mass is 16.5. The summed E-state index contributed by atoms with van der Waals surface area (Å²) in [6, 6.07) is 0.314. The molecule has 0 N–H and O–H groups in total. The van der Waals surface area contributed by atoms with E-state index in [-0.39, 0.29) is 28.8 Å². The summed E-state index contributed by atoms with van der Waals surface area (Å²) in [4.78, 5) is 26.3. The van der Waals surface area contributed by atoms with Gasteiger partial charge in [-0.1, -0.05) is 19.9 Å². The van der Waals surface area contributed by atoms with Crippen LogP contribution < -0.4 is 0 Å². The van der Waals surface area contributed by atoms with Crippen LogP contribution in [0.2, 0.25) is 0 Å². The highest BCUT2D eigenvalue weighted by molar-refractivity contribution is 5.89. The molecule has 152 valence electrons. The number of hydrogen-bond acceptors (Lipinski definition) is 3. The van der Waals surface area contributed by atoms with Crippen LogP contribution in [-0.2, 0) is 14.3 Å². The zero-order valence-electron chi connectivity index (χ0n) is 17.4. The Kier molecular flexibility index (Phi) is 4.84. The molecule has 0 aromatic carbocycles. The molecule has 4 aliphatic rings. The monoisotopic (exact) mass is 383 g/mol. The first-order chi connectivity index (χ1) is 13.3. The van der Waals surface area contributed by atoms with Gasteiger partial charge in [0.1, 0.15) is 6.10 Å². The second-order valence-electron chi connectivity index (χ2n) is 9.92. The summed E-state index contributed by atoms with van der Waals surface area (Å²) in [6.45, 7) is 4.71. The fraction of sp³-hybridized carbons (Fsp3) is 0.750. The van der Waals surface area contributed by atoms with Crippen molar-refractivity contribution in [3.63, 3.8) is 0 Å². The Hall–Kier alpha value is -1.76. The number of ether oxygens (including phenoxy) is 1. The minimum Gasteiger partial charge on any atom is -0.462 e. The average molecular weight is 384 g/mol. The fourth-order valence-electron chi connectivity index (χ4n) is 7.28. The zero-order chi connectivity index (χ0) is 20.1. The first-order valence-corrected chi connectivity index (χ1v) is 10.9. The van der Waals surface area contributed by atoms with Gasteiger partial charge in [-0.25, -0.2) is 0 Å². The Bertz CT molecular complexity index is 737. The van der Waals surface area contributed by atoms with Crippen LogP contribution in [0, 0.1) is 40.9 Å². The van der Waals surface area contributed by atoms with E-state index in [1.807, 2.05) is 11.9 Å². The lowest BCUT2D eigenvalue weighted by Crippen LogP contribution is -2.59. The van der Waals surface area contributed by atoms with Crippen LogP contribution in [-0.4, -0.2) is 36.0 Å². The number of hydrogen-bond donors (Lipinski definition) is 0. The molecule has 1 aliphatic heterocycles. The van der Waals surface area contributed by atoms with E-state index >= 15 is 0 Å². The first kappa shape index (κ1) is 19.6. The van der Waals surface area contributed by atoms with E-state index < -0.39 is 0 Å². The van der Waals surface area contributed by atoms with Crippen molar-refractivity contribution in [2.24, 2.45) is 28.6 Å². The Morgan fingerprint density at radius 3 is 2.79 bits per heavy atom. The lowest BCUT2D eigenvalue weighted by atomic mass is 9.48. The predicted molar refractivity (Wildman–Crippen MR) is 108 cm³/mol. The molecule has 3 aliphatic carbocycles. The molecule has 0 spiro atoms. The minimum atomic E-state index is -0.141. The topological polar surface area (TPSA) is 46.6 Å². The van der Waals surface area contributed by atoms with Gasteiger partial charge < -0.3 is 9.64 Å². The minimum absolute atomic E-state index is 0.0282. The van der Waals surface area contributed by atoms with Crippen LogP contribution in [0.25, 0.3) is 0 Å². The van der Waals surface area contributed by atoms with Crippen molar-refractivity contribution < 1.29 is 14.3 Å². The van der Waals surface area contributed by atoms with Gasteiger partial charge >= 0.3 is 5.97 Å². The number of amides is 1. The van der Waals surface area contributed by atoms with Crippen LogP contribution >= 0.6 is 0 Å². The van der Waals surface area contributed by atoms with E-state index in [1.165, 1.54) is 6.42 Å². The number of fused-ring (bicyclic) bond motifs is 5. The van der Waals surface area contributed by atoms with Gasteiger partial charge in [0.2, 0.25) is 5.91 Å². The molecule has 4 rings (SSSR count). The van der Waals surface area contributed by atoms with Crippen molar-refractivity contribution in [1.29, 1.82) is 0 Å². The van der Waals surface area contributed by atoms with Crippen molar-refractivity contribution in [3.8, 4) is 12.3 Å². The summed E-state index contributed by atoms with van der Waals surface area (Å²) in [5.41, 5.74) is 0.144. The Morgan fingerprint density at radius 1 is 1.25 bits per heavy atom. The molecule has 1 heterocycles. The Morgan fingerprint density at radius 2 is 2.04 bits per heavy atom. The third-order valence-electron chi connectivity index (χ3n) is 8.79. The molecule has 28 heavy (non-hydrogen) atoms. The number of carbonyl (C=O) groups is 2. The van der Waals surface area contributed by atoms with Gasteiger partial charge in [-0.3, -0.25) is 9.59 Å². The van der Waals surface area contributed by atoms with E-state index in [2.05, 4.69) is 25.8 Å². The highest BCUT2D eigenvalue weighted by Crippen LogP contribution is 2.64. The summed E-state index contributed by atoms with van der Waals surface area (Å²) in [6.07, 6.45) is 16.7. The van der Waals surface area contributed by atoms with E-state index in [9.17, 15) is 9.59 Å². The molecular weight excluding hydrogens is 350 g/mol. The maximum Gasteiger partial charge on any atom is 0.307 e. The van der Waals surface area contributed by atoms with Gasteiger partial charge in [0.05, 0.1) is 6.42 Å². The molecule has 3 fully saturated rings. The van der Waals surface area contributed by atoms with Crippen LogP contribution in [0.15, 0.2) is 12.2 Å². The van der Waals surface area contributed by atoms with E-state index in [1.54, 1.807) is 6.08 Å². The van der Waals surface area contributed by atoms with Crippen molar-refractivity contribution in [1.82, 2.24) is 4.90 Å². The van der Waals surface area contributed by atoms with Gasteiger partial charge in [-0.2, -0.15) is 0 Å². The lowest BCUT2D eigenvalue weighted by molar-refractivity contribution is -0.161. The van der Waals surface area contributed by atoms with Gasteiger partial charge in [0, 0.05) is 30.3 Å². The summed E-state index contributed by atoms with van der Waals surface area (Å²) >= 11 is 0. The smallest absolute Gasteiger partial charge is 0.307 e. The van der Waals surface area contributed by atoms with Gasteiger partial charge in [0.25, 0.3) is 0 Å². The maximum absolute atomic E-state index is 12.2. The summed E-state index contributed by atoms with van der Waals surface area (Å²) < 4.78 is 5.93. The Balaban J connectivity index is 1.54. The number of esters is 1. The van der Waals surface area contributed by atoms with Crippen molar-refractivity contribution in [3.05, 3.63) is 12.2 Å². The Labute approximate surface area is 169 Å². The molecule has 0 bridgehead atoms. The van der Waals surface area contributed by atoms with E-state index in [4.69, 9.17) is 11.2 Å². The van der Waals surface area contributed by atoms with Gasteiger partial charge in [0.15, 0.2) is 0 Å². The molecule has 7 atom stereocenters. The van der Waals surface area contributed by atoms with Crippen molar-refractivity contribution in [2.75, 3.05) is 7.05 Å². The number of carbonyl (C=O) groups excluding carboxylic acids is 2. The lowest BCUT2D eigenvalue weighted by Gasteiger charge is -2.60. The third kappa shape index (κ3) is 2.81. The zero-order valence-corrected chi connectivity index (χ0v) is 17.4. The second kappa shape index (κ2) is 6.94. The molecule has 4 heteroatoms. The van der Waals surface area contributed by atoms with Crippen molar-refractivity contribution >= 4 is 11.9 Å². The van der Waals surface area contributed by atoms with Crippen LogP contribution in [0.4, 0.5) is 0 Å². The number of rotatable bonds is 3. The maximum atomic E-state index is 12.2. The number of likely N-dealkylation sites (N-methyl/N-ethyl adjacent to an activating group) is 1. The third-order valence-corrected chi connectivity index (χ3v) is 8.79. The molecule has 0 radical (unpaired) electrons. The molecule has 1 amide bonds. The number of terminal acetylenes is 1. The summed E-state index contributed by atoms with van der Waals surface area (Å²) in [7, 11) is 1.96. The second-order valence-corrected chi connectivity index (χ2v) is 9.92. The average Bonchev–Trinajstić information content (AvgIpc) is 3.00. The fourth-order valence-corrected chi connectivity index (χ4v) is 7.28. The molecule has 0 aromatic rings. The standard InChI is InChI=1S/C24H33NO3/c1-5-6-7-22(27)28-20-11-9-17-16-8-10-19-23(2,15-13-21(26)25(19)4)18(16)12-14-24(17,20)3/h1,13,15-20H,6-12,14H2,2-4H3/t16?,17?,18?,19?,20-,23+,24-/m0/s1. The van der Waals surface area contributed by atoms with Crippen LogP contribution in [0.3, 0.4) is 0 Å². The van der Waals surface area contributed by atoms with Crippen molar-refractivity contribution in [2.45, 2.75) is 77.4 Å².